The van der Waals surface area contributed by atoms with Gasteiger partial charge in [-0.2, -0.15) is 0 Å². The van der Waals surface area contributed by atoms with Gasteiger partial charge in [0.05, 0.1) is 12.4 Å². The van der Waals surface area contributed by atoms with E-state index in [2.05, 4.69) is 15.3 Å². The van der Waals surface area contributed by atoms with Gasteiger partial charge in [-0.15, -0.1) is 0 Å². The highest BCUT2D eigenvalue weighted by molar-refractivity contribution is 6.30. The molecule has 0 amide bonds. The number of aryl methyl sites for hydroxylation is 1. The Morgan fingerprint density at radius 3 is 2.72 bits per heavy atom. The first-order valence-corrected chi connectivity index (χ1v) is 5.52. The van der Waals surface area contributed by atoms with E-state index in [4.69, 9.17) is 16.7 Å². The minimum atomic E-state index is -1.10. The van der Waals surface area contributed by atoms with Gasteiger partial charge in [0.15, 0.2) is 5.69 Å². The molecule has 0 saturated heterocycles. The number of aromatic carboxylic acids is 1. The number of carbonyl (C=O) groups is 1. The molecule has 6 heteroatoms. The third-order valence-electron chi connectivity index (χ3n) is 2.33. The number of anilines is 2. The van der Waals surface area contributed by atoms with Gasteiger partial charge >= 0.3 is 5.97 Å². The average Bonchev–Trinajstić information content (AvgIpc) is 2.34. The van der Waals surface area contributed by atoms with Crippen LogP contribution < -0.4 is 5.32 Å². The fourth-order valence-electron chi connectivity index (χ4n) is 1.37. The molecule has 0 atom stereocenters. The molecule has 0 bridgehead atoms. The van der Waals surface area contributed by atoms with Crippen molar-refractivity contribution in [1.82, 2.24) is 9.97 Å². The van der Waals surface area contributed by atoms with Gasteiger partial charge in [-0.05, 0) is 24.6 Å². The van der Waals surface area contributed by atoms with Gasteiger partial charge in [0, 0.05) is 10.7 Å². The molecule has 0 unspecified atom stereocenters. The SMILES string of the molecule is Cc1ccc(Cl)cc1Nc1cnc(C(=O)O)cn1. The van der Waals surface area contributed by atoms with Crippen LogP contribution in [0.3, 0.4) is 0 Å². The van der Waals surface area contributed by atoms with E-state index in [0.29, 0.717) is 10.8 Å². The molecule has 18 heavy (non-hydrogen) atoms. The Morgan fingerprint density at radius 1 is 1.33 bits per heavy atom. The van der Waals surface area contributed by atoms with Crippen molar-refractivity contribution in [2.75, 3.05) is 5.32 Å². The molecule has 0 spiro atoms. The predicted molar refractivity (Wildman–Crippen MR) is 68.5 cm³/mol. The molecule has 92 valence electrons. The second-order valence-electron chi connectivity index (χ2n) is 3.68. The van der Waals surface area contributed by atoms with Crippen LogP contribution in [0.25, 0.3) is 0 Å². The number of nitrogens with zero attached hydrogens (tertiary/aromatic N) is 2. The monoisotopic (exact) mass is 263 g/mol. The van der Waals surface area contributed by atoms with E-state index in [0.717, 1.165) is 11.3 Å². The lowest BCUT2D eigenvalue weighted by molar-refractivity contribution is 0.0690. The van der Waals surface area contributed by atoms with Crippen molar-refractivity contribution in [3.63, 3.8) is 0 Å². The smallest absolute Gasteiger partial charge is 0.356 e. The van der Waals surface area contributed by atoms with Crippen LogP contribution in [0.4, 0.5) is 11.5 Å². The maximum atomic E-state index is 10.6. The number of carboxylic acids is 1. The van der Waals surface area contributed by atoms with E-state index < -0.39 is 5.97 Å². The number of hydrogen-bond donors (Lipinski definition) is 2. The topological polar surface area (TPSA) is 75.1 Å². The number of rotatable bonds is 3. The lowest BCUT2D eigenvalue weighted by Crippen LogP contribution is -2.03. The molecule has 0 aliphatic carbocycles. The average molecular weight is 264 g/mol. The number of aromatic nitrogens is 2. The molecule has 0 radical (unpaired) electrons. The van der Waals surface area contributed by atoms with Gasteiger partial charge in [0.2, 0.25) is 0 Å². The van der Waals surface area contributed by atoms with Gasteiger partial charge < -0.3 is 10.4 Å². The first-order valence-electron chi connectivity index (χ1n) is 5.15. The van der Waals surface area contributed by atoms with Crippen LogP contribution in [0.2, 0.25) is 5.02 Å². The van der Waals surface area contributed by atoms with Crippen LogP contribution in [-0.4, -0.2) is 21.0 Å². The van der Waals surface area contributed by atoms with Gasteiger partial charge in [0.1, 0.15) is 5.82 Å². The first kappa shape index (κ1) is 12.3. The van der Waals surface area contributed by atoms with Crippen molar-refractivity contribution in [1.29, 1.82) is 0 Å². The maximum Gasteiger partial charge on any atom is 0.356 e. The molecule has 0 fully saturated rings. The summed E-state index contributed by atoms with van der Waals surface area (Å²) < 4.78 is 0. The summed E-state index contributed by atoms with van der Waals surface area (Å²) >= 11 is 5.90. The maximum absolute atomic E-state index is 10.6. The number of carboxylic acid groups (broad SMARTS) is 1. The minimum absolute atomic E-state index is 0.0941. The Hall–Kier alpha value is -2.14. The molecule has 2 aromatic rings. The van der Waals surface area contributed by atoms with Crippen LogP contribution in [0.1, 0.15) is 16.1 Å². The lowest BCUT2D eigenvalue weighted by atomic mass is 10.2. The number of benzene rings is 1. The van der Waals surface area contributed by atoms with Crippen LogP contribution in [0.5, 0.6) is 0 Å². The molecule has 0 saturated carbocycles. The summed E-state index contributed by atoms with van der Waals surface area (Å²) in [5.41, 5.74) is 1.71. The molecule has 1 heterocycles. The Labute approximate surface area is 108 Å². The van der Waals surface area contributed by atoms with Gasteiger partial charge in [0.25, 0.3) is 0 Å². The molecular formula is C12H10ClN3O2. The Morgan fingerprint density at radius 2 is 2.11 bits per heavy atom. The minimum Gasteiger partial charge on any atom is -0.476 e. The summed E-state index contributed by atoms with van der Waals surface area (Å²) in [6.07, 6.45) is 2.56. The Balaban J connectivity index is 2.23. The van der Waals surface area contributed by atoms with E-state index in [1.54, 1.807) is 12.1 Å². The van der Waals surface area contributed by atoms with Crippen LogP contribution >= 0.6 is 11.6 Å². The Kier molecular flexibility index (Phi) is 3.43. The number of nitrogens with one attached hydrogen (secondary N) is 1. The van der Waals surface area contributed by atoms with E-state index >= 15 is 0 Å². The van der Waals surface area contributed by atoms with E-state index in [9.17, 15) is 4.79 Å². The van der Waals surface area contributed by atoms with E-state index in [1.165, 1.54) is 12.4 Å². The molecule has 2 N–H and O–H groups in total. The molecule has 0 aliphatic rings. The standard InChI is InChI=1S/C12H10ClN3O2/c1-7-2-3-8(13)4-9(7)16-11-6-14-10(5-15-11)12(17)18/h2-6H,1H3,(H,15,16)(H,17,18). The quantitative estimate of drug-likeness (QED) is 0.891. The number of hydrogen-bond acceptors (Lipinski definition) is 4. The second kappa shape index (κ2) is 5.01. The van der Waals surface area contributed by atoms with Crippen molar-refractivity contribution >= 4 is 29.1 Å². The number of halogens is 1. The summed E-state index contributed by atoms with van der Waals surface area (Å²) in [6.45, 7) is 1.93. The van der Waals surface area contributed by atoms with Crippen LogP contribution in [0.15, 0.2) is 30.6 Å². The van der Waals surface area contributed by atoms with Crippen molar-refractivity contribution in [2.45, 2.75) is 6.92 Å². The predicted octanol–water partition coefficient (Wildman–Crippen LogP) is 2.88. The highest BCUT2D eigenvalue weighted by Crippen LogP contribution is 2.22. The fraction of sp³-hybridized carbons (Fsp3) is 0.0833. The highest BCUT2D eigenvalue weighted by atomic mass is 35.5. The lowest BCUT2D eigenvalue weighted by Gasteiger charge is -2.08. The summed E-state index contributed by atoms with van der Waals surface area (Å²) in [6, 6.07) is 5.44. The normalized spacial score (nSPS) is 10.1. The molecular weight excluding hydrogens is 254 g/mol. The largest absolute Gasteiger partial charge is 0.476 e. The van der Waals surface area contributed by atoms with Crippen LogP contribution in [0, 0.1) is 6.92 Å². The van der Waals surface area contributed by atoms with Crippen molar-refractivity contribution < 1.29 is 9.90 Å². The zero-order valence-corrected chi connectivity index (χ0v) is 10.3. The summed E-state index contributed by atoms with van der Waals surface area (Å²) in [5.74, 6) is -0.640. The van der Waals surface area contributed by atoms with Gasteiger partial charge in [-0.25, -0.2) is 14.8 Å². The third kappa shape index (κ3) is 2.75. The van der Waals surface area contributed by atoms with Gasteiger partial charge in [-0.1, -0.05) is 17.7 Å². The molecule has 1 aromatic carbocycles. The van der Waals surface area contributed by atoms with Gasteiger partial charge in [-0.3, -0.25) is 0 Å². The summed E-state index contributed by atoms with van der Waals surface area (Å²) in [5, 5.41) is 12.3. The zero-order chi connectivity index (χ0) is 13.1. The third-order valence-corrected chi connectivity index (χ3v) is 2.57. The highest BCUT2D eigenvalue weighted by Gasteiger charge is 2.06. The van der Waals surface area contributed by atoms with Crippen molar-refractivity contribution in [3.05, 3.63) is 46.9 Å². The zero-order valence-electron chi connectivity index (χ0n) is 9.51. The van der Waals surface area contributed by atoms with E-state index in [-0.39, 0.29) is 5.69 Å². The fourth-order valence-corrected chi connectivity index (χ4v) is 1.54. The van der Waals surface area contributed by atoms with Crippen LogP contribution in [-0.2, 0) is 0 Å². The summed E-state index contributed by atoms with van der Waals surface area (Å²) in [7, 11) is 0. The Bertz CT molecular complexity index is 584. The second-order valence-corrected chi connectivity index (χ2v) is 4.11. The molecule has 1 aromatic heterocycles. The van der Waals surface area contributed by atoms with E-state index in [1.807, 2.05) is 13.0 Å². The first-order chi connectivity index (χ1) is 8.56. The molecule has 0 aliphatic heterocycles. The summed E-state index contributed by atoms with van der Waals surface area (Å²) in [4.78, 5) is 18.4. The van der Waals surface area contributed by atoms with Crippen molar-refractivity contribution in [2.24, 2.45) is 0 Å². The van der Waals surface area contributed by atoms with Crippen molar-refractivity contribution in [3.8, 4) is 0 Å². The molecule has 5 nitrogen and oxygen atoms in total. The molecule has 2 rings (SSSR count).